The van der Waals surface area contributed by atoms with E-state index in [4.69, 9.17) is 5.73 Å². The van der Waals surface area contributed by atoms with Crippen molar-refractivity contribution in [1.82, 2.24) is 15.6 Å². The van der Waals surface area contributed by atoms with Crippen molar-refractivity contribution in [1.29, 1.82) is 0 Å². The molecular formula is C29H38N6O5S. The summed E-state index contributed by atoms with van der Waals surface area (Å²) in [6, 6.07) is 9.04. The number of hydrogen-bond acceptors (Lipinski definition) is 8. The van der Waals surface area contributed by atoms with Gasteiger partial charge in [-0.25, -0.2) is 13.4 Å². The zero-order valence-corrected chi connectivity index (χ0v) is 24.1. The zero-order valence-electron chi connectivity index (χ0n) is 23.3. The van der Waals surface area contributed by atoms with Gasteiger partial charge in [0.15, 0.2) is 0 Å². The summed E-state index contributed by atoms with van der Waals surface area (Å²) < 4.78 is 23.0. The Bertz CT molecular complexity index is 1390. The van der Waals surface area contributed by atoms with Crippen molar-refractivity contribution in [2.45, 2.75) is 75.5 Å². The molecule has 1 aromatic heterocycles. The summed E-state index contributed by atoms with van der Waals surface area (Å²) in [5.41, 5.74) is 6.93. The van der Waals surface area contributed by atoms with Crippen molar-refractivity contribution in [3.8, 4) is 0 Å². The average Bonchev–Trinajstić information content (AvgIpc) is 3.53. The molecule has 1 saturated carbocycles. The SMILES string of the molecule is CS(=O)(=O)CCNc1cc(C(=O)NC2C[C@H]3CC[C@@H](C2)N3c2ccc(C(=O)NC3CCCC3)cn2)ccc1C(N)=O. The lowest BCUT2D eigenvalue weighted by Gasteiger charge is -2.40. The first-order chi connectivity index (χ1) is 19.6. The third kappa shape index (κ3) is 6.98. The van der Waals surface area contributed by atoms with Crippen LogP contribution in [0.1, 0.15) is 82.4 Å². The summed E-state index contributed by atoms with van der Waals surface area (Å²) in [4.78, 5) is 44.6. The fourth-order valence-electron chi connectivity index (χ4n) is 6.37. The van der Waals surface area contributed by atoms with Gasteiger partial charge >= 0.3 is 0 Å². The molecule has 0 radical (unpaired) electrons. The van der Waals surface area contributed by atoms with E-state index in [0.29, 0.717) is 16.8 Å². The molecule has 5 N–H and O–H groups in total. The highest BCUT2D eigenvalue weighted by Gasteiger charge is 2.42. The number of hydrogen-bond donors (Lipinski definition) is 4. The van der Waals surface area contributed by atoms with E-state index in [1.807, 2.05) is 12.1 Å². The van der Waals surface area contributed by atoms with Gasteiger partial charge in [-0.2, -0.15) is 0 Å². The maximum atomic E-state index is 13.2. The monoisotopic (exact) mass is 582 g/mol. The van der Waals surface area contributed by atoms with E-state index >= 15 is 0 Å². The van der Waals surface area contributed by atoms with Gasteiger partial charge in [-0.05, 0) is 68.9 Å². The Morgan fingerprint density at radius 2 is 1.56 bits per heavy atom. The number of fused-ring (bicyclic) bond motifs is 2. The standard InChI is InChI=1S/C29H38N6O5S/c1-41(39,40)13-12-31-25-14-18(6-10-24(25)27(30)36)28(37)34-21-15-22-8-9-23(16-21)35(22)26-11-7-19(17-32-26)29(38)33-20-4-2-3-5-20/h6-7,10-11,14,17,20-23,31H,2-5,8-9,12-13,15-16H2,1H3,(H2,30,36)(H,33,38)(H,34,37)/t21?,22-,23+. The molecule has 3 fully saturated rings. The van der Waals surface area contributed by atoms with E-state index in [2.05, 4.69) is 25.8 Å². The average molecular weight is 583 g/mol. The van der Waals surface area contributed by atoms with Gasteiger partial charge in [0.05, 0.1) is 16.9 Å². The van der Waals surface area contributed by atoms with Gasteiger partial charge in [0.1, 0.15) is 15.7 Å². The van der Waals surface area contributed by atoms with Crippen molar-refractivity contribution in [3.05, 3.63) is 53.2 Å². The molecule has 2 aliphatic heterocycles. The lowest BCUT2D eigenvalue weighted by molar-refractivity contribution is 0.0922. The number of nitrogens with two attached hydrogens (primary N) is 1. The molecule has 12 heteroatoms. The van der Waals surface area contributed by atoms with E-state index in [1.165, 1.54) is 12.1 Å². The van der Waals surface area contributed by atoms with E-state index in [9.17, 15) is 22.8 Å². The molecule has 5 rings (SSSR count). The van der Waals surface area contributed by atoms with E-state index in [-0.39, 0.29) is 53.8 Å². The summed E-state index contributed by atoms with van der Waals surface area (Å²) in [7, 11) is -3.20. The van der Waals surface area contributed by atoms with Gasteiger partial charge in [-0.1, -0.05) is 12.8 Å². The minimum Gasteiger partial charge on any atom is -0.383 e. The summed E-state index contributed by atoms with van der Waals surface area (Å²) in [6.45, 7) is 0.0895. The second-order valence-corrected chi connectivity index (χ2v) is 13.7. The van der Waals surface area contributed by atoms with Gasteiger partial charge in [0, 0.05) is 54.4 Å². The number of piperidine rings is 1. The van der Waals surface area contributed by atoms with E-state index < -0.39 is 15.7 Å². The predicted octanol–water partition coefficient (Wildman–Crippen LogP) is 2.24. The molecule has 1 aromatic carbocycles. The van der Waals surface area contributed by atoms with Crippen LogP contribution in [0.2, 0.25) is 0 Å². The third-order valence-electron chi connectivity index (χ3n) is 8.37. The van der Waals surface area contributed by atoms with Crippen LogP contribution in [-0.2, 0) is 9.84 Å². The van der Waals surface area contributed by atoms with Crippen LogP contribution in [0.25, 0.3) is 0 Å². The summed E-state index contributed by atoms with van der Waals surface area (Å²) in [6.07, 6.45) is 10.7. The van der Waals surface area contributed by atoms with Crippen molar-refractivity contribution >= 4 is 39.1 Å². The fraction of sp³-hybridized carbons (Fsp3) is 0.517. The Kier molecular flexibility index (Phi) is 8.48. The molecule has 3 atom stereocenters. The molecule has 11 nitrogen and oxygen atoms in total. The lowest BCUT2D eigenvalue weighted by Crippen LogP contribution is -2.50. The quantitative estimate of drug-likeness (QED) is 0.331. The number of benzene rings is 1. The van der Waals surface area contributed by atoms with E-state index in [1.54, 1.807) is 12.3 Å². The molecule has 3 amide bonds. The lowest BCUT2D eigenvalue weighted by atomic mass is 9.96. The molecule has 3 aliphatic rings. The second kappa shape index (κ2) is 12.1. The number of nitrogens with one attached hydrogen (secondary N) is 3. The van der Waals surface area contributed by atoms with Crippen LogP contribution in [0.4, 0.5) is 11.5 Å². The predicted molar refractivity (Wildman–Crippen MR) is 157 cm³/mol. The number of carbonyl (C=O) groups excluding carboxylic acids is 3. The number of anilines is 2. The van der Waals surface area contributed by atoms with Crippen LogP contribution in [0.5, 0.6) is 0 Å². The van der Waals surface area contributed by atoms with E-state index in [0.717, 1.165) is 63.4 Å². The van der Waals surface area contributed by atoms with Crippen LogP contribution in [-0.4, -0.2) is 73.8 Å². The number of sulfone groups is 1. The maximum absolute atomic E-state index is 13.2. The molecule has 41 heavy (non-hydrogen) atoms. The Labute approximate surface area is 240 Å². The Balaban J connectivity index is 1.20. The minimum atomic E-state index is -3.20. The molecule has 2 saturated heterocycles. The van der Waals surface area contributed by atoms with Crippen molar-refractivity contribution in [3.63, 3.8) is 0 Å². The minimum absolute atomic E-state index is 0.0230. The zero-order chi connectivity index (χ0) is 29.1. The molecule has 1 aliphatic carbocycles. The smallest absolute Gasteiger partial charge is 0.253 e. The van der Waals surface area contributed by atoms with Gasteiger partial charge in [0.2, 0.25) is 0 Å². The van der Waals surface area contributed by atoms with Crippen LogP contribution in [0.15, 0.2) is 36.5 Å². The Morgan fingerprint density at radius 3 is 2.17 bits per heavy atom. The van der Waals surface area contributed by atoms with Crippen molar-refractivity contribution in [2.75, 3.05) is 28.8 Å². The molecule has 0 spiro atoms. The number of primary amides is 1. The van der Waals surface area contributed by atoms with Gasteiger partial charge in [-0.3, -0.25) is 14.4 Å². The number of rotatable bonds is 10. The van der Waals surface area contributed by atoms with Crippen molar-refractivity contribution < 1.29 is 22.8 Å². The molecule has 3 heterocycles. The highest BCUT2D eigenvalue weighted by Crippen LogP contribution is 2.38. The maximum Gasteiger partial charge on any atom is 0.253 e. The molecule has 220 valence electrons. The number of amides is 3. The summed E-state index contributed by atoms with van der Waals surface area (Å²) in [5, 5.41) is 9.18. The number of aromatic nitrogens is 1. The first-order valence-corrected chi connectivity index (χ1v) is 16.3. The summed E-state index contributed by atoms with van der Waals surface area (Å²) >= 11 is 0. The van der Waals surface area contributed by atoms with Gasteiger partial charge < -0.3 is 26.6 Å². The Morgan fingerprint density at radius 1 is 0.927 bits per heavy atom. The van der Waals surface area contributed by atoms with Crippen LogP contribution in [0, 0.1) is 0 Å². The molecule has 2 bridgehead atoms. The third-order valence-corrected chi connectivity index (χ3v) is 9.31. The first kappa shape index (κ1) is 28.8. The molecular weight excluding hydrogens is 544 g/mol. The summed E-state index contributed by atoms with van der Waals surface area (Å²) in [5.74, 6) is -0.266. The van der Waals surface area contributed by atoms with Crippen molar-refractivity contribution in [2.24, 2.45) is 5.73 Å². The van der Waals surface area contributed by atoms with Crippen LogP contribution >= 0.6 is 0 Å². The number of carbonyl (C=O) groups is 3. The topological polar surface area (TPSA) is 164 Å². The van der Waals surface area contributed by atoms with Crippen LogP contribution in [0.3, 0.4) is 0 Å². The largest absolute Gasteiger partial charge is 0.383 e. The normalized spacial score (nSPS) is 22.4. The molecule has 2 aromatic rings. The number of nitrogens with zero attached hydrogens (tertiary/aromatic N) is 2. The highest BCUT2D eigenvalue weighted by molar-refractivity contribution is 7.90. The first-order valence-electron chi connectivity index (χ1n) is 14.3. The Hall–Kier alpha value is -3.67. The highest BCUT2D eigenvalue weighted by atomic mass is 32.2. The molecule has 1 unspecified atom stereocenters. The van der Waals surface area contributed by atoms with Gasteiger partial charge in [-0.15, -0.1) is 0 Å². The van der Waals surface area contributed by atoms with Crippen LogP contribution < -0.4 is 26.6 Å². The fourth-order valence-corrected chi connectivity index (χ4v) is 6.84. The second-order valence-electron chi connectivity index (χ2n) is 11.5. The van der Waals surface area contributed by atoms with Gasteiger partial charge in [0.25, 0.3) is 17.7 Å². The number of pyridine rings is 1.